The van der Waals surface area contributed by atoms with Crippen molar-refractivity contribution in [3.63, 3.8) is 0 Å². The summed E-state index contributed by atoms with van der Waals surface area (Å²) in [5.74, 6) is -3.00. The highest BCUT2D eigenvalue weighted by Crippen LogP contribution is 2.04. The van der Waals surface area contributed by atoms with Crippen LogP contribution in [0.2, 0.25) is 0 Å². The first-order valence-electron chi connectivity index (χ1n) is 7.55. The second kappa shape index (κ2) is 14.4. The van der Waals surface area contributed by atoms with Gasteiger partial charge >= 0.3 is 23.9 Å². The quantitative estimate of drug-likeness (QED) is 0.387. The van der Waals surface area contributed by atoms with Crippen LogP contribution in [-0.2, 0) is 28.7 Å². The predicted molar refractivity (Wildman–Crippen MR) is 82.2 cm³/mol. The number of aliphatic hydroxyl groups is 1. The third-order valence-electron chi connectivity index (χ3n) is 2.47. The Morgan fingerprint density at radius 3 is 2.00 bits per heavy atom. The van der Waals surface area contributed by atoms with Crippen LogP contribution < -0.4 is 0 Å². The van der Waals surface area contributed by atoms with Gasteiger partial charge < -0.3 is 24.8 Å². The van der Waals surface area contributed by atoms with Crippen molar-refractivity contribution in [2.24, 2.45) is 0 Å². The molecule has 0 saturated carbocycles. The van der Waals surface area contributed by atoms with E-state index in [0.717, 1.165) is 0 Å². The molecule has 0 bridgehead atoms. The highest BCUT2D eigenvalue weighted by molar-refractivity contribution is 5.77. The smallest absolute Gasteiger partial charge is 0.345 e. The van der Waals surface area contributed by atoms with Crippen LogP contribution in [0.4, 0.5) is 0 Å². The number of carbonyl (C=O) groups is 4. The maximum absolute atomic E-state index is 11.2. The zero-order chi connectivity index (χ0) is 19.1. The normalized spacial score (nSPS) is 12.2. The third-order valence-corrected chi connectivity index (χ3v) is 2.47. The second-order valence-electron chi connectivity index (χ2n) is 4.97. The average Bonchev–Trinajstić information content (AvgIpc) is 2.42. The number of esters is 2. The minimum atomic E-state index is -1.14. The average molecular weight is 350 g/mol. The summed E-state index contributed by atoms with van der Waals surface area (Å²) in [5.41, 5.74) is 0. The summed E-state index contributed by atoms with van der Waals surface area (Å²) in [6.07, 6.45) is -0.534. The number of carbonyl (C=O) groups excluding carboxylic acids is 2. The monoisotopic (exact) mass is 350 g/mol. The third kappa shape index (κ3) is 17.9. The maximum atomic E-state index is 11.2. The second-order valence-corrected chi connectivity index (χ2v) is 4.97. The fourth-order valence-corrected chi connectivity index (χ4v) is 1.37. The molecular formula is C15H26O9. The van der Waals surface area contributed by atoms with E-state index in [1.54, 1.807) is 6.92 Å². The Morgan fingerprint density at radius 2 is 1.67 bits per heavy atom. The predicted octanol–water partition coefficient (Wildman–Crippen LogP) is 0.968. The van der Waals surface area contributed by atoms with E-state index in [9.17, 15) is 19.2 Å². The molecule has 2 unspecified atom stereocenters. The molecule has 9 nitrogen and oxygen atoms in total. The number of aliphatic carboxylic acids is 2. The van der Waals surface area contributed by atoms with Crippen LogP contribution in [0.15, 0.2) is 0 Å². The summed E-state index contributed by atoms with van der Waals surface area (Å²) in [6.45, 7) is 4.65. The molecule has 0 heterocycles. The first kappa shape index (κ1) is 24.1. The number of unbranched alkanes of at least 4 members (excludes halogenated alkanes) is 1. The summed E-state index contributed by atoms with van der Waals surface area (Å²) < 4.78 is 9.42. The Bertz CT molecular complexity index is 404. The van der Waals surface area contributed by atoms with Gasteiger partial charge in [0.15, 0.2) is 6.10 Å². The summed E-state index contributed by atoms with van der Waals surface area (Å²) in [6, 6.07) is 0. The van der Waals surface area contributed by atoms with E-state index >= 15 is 0 Å². The lowest BCUT2D eigenvalue weighted by molar-refractivity contribution is -0.164. The maximum Gasteiger partial charge on any atom is 0.345 e. The van der Waals surface area contributed by atoms with Crippen molar-refractivity contribution >= 4 is 23.9 Å². The lowest BCUT2D eigenvalue weighted by atomic mass is 10.2. The summed E-state index contributed by atoms with van der Waals surface area (Å²) in [4.78, 5) is 41.9. The summed E-state index contributed by atoms with van der Waals surface area (Å²) >= 11 is 0. The number of ether oxygens (including phenoxy) is 2. The molecule has 0 aromatic carbocycles. The molecule has 0 spiro atoms. The van der Waals surface area contributed by atoms with Crippen molar-refractivity contribution in [1.82, 2.24) is 0 Å². The molecule has 140 valence electrons. The Kier molecular flexibility index (Phi) is 14.5. The molecule has 0 saturated heterocycles. The first-order chi connectivity index (χ1) is 11.1. The standard InChI is InChI=1S/C11H18O6.C4H8O3/c1-3-9(11(14)15)17-10(13)6-4-5-7-16-8(2)12;1-3(5)2-4(6)7/h9H,3-7H2,1-2H3,(H,14,15);3,5H,2H2,1H3,(H,6,7). The Balaban J connectivity index is 0. The molecule has 0 radical (unpaired) electrons. The molecule has 0 fully saturated rings. The molecular weight excluding hydrogens is 324 g/mol. The largest absolute Gasteiger partial charge is 0.481 e. The lowest BCUT2D eigenvalue weighted by Gasteiger charge is -2.11. The molecule has 0 aliphatic carbocycles. The zero-order valence-corrected chi connectivity index (χ0v) is 14.2. The van der Waals surface area contributed by atoms with Crippen molar-refractivity contribution in [2.45, 2.75) is 65.1 Å². The van der Waals surface area contributed by atoms with E-state index in [2.05, 4.69) is 4.74 Å². The van der Waals surface area contributed by atoms with Gasteiger partial charge in [-0.05, 0) is 26.2 Å². The number of rotatable bonds is 10. The SMILES string of the molecule is CC(O)CC(=O)O.CCC(OC(=O)CCCCOC(C)=O)C(=O)O. The van der Waals surface area contributed by atoms with Gasteiger partial charge in [0, 0.05) is 13.3 Å². The minimum Gasteiger partial charge on any atom is -0.481 e. The summed E-state index contributed by atoms with van der Waals surface area (Å²) in [7, 11) is 0. The molecule has 0 rings (SSSR count). The van der Waals surface area contributed by atoms with E-state index < -0.39 is 30.1 Å². The van der Waals surface area contributed by atoms with Crippen LogP contribution in [-0.4, -0.2) is 58.0 Å². The molecule has 0 aliphatic heterocycles. The van der Waals surface area contributed by atoms with Gasteiger partial charge in [-0.3, -0.25) is 14.4 Å². The molecule has 0 amide bonds. The van der Waals surface area contributed by atoms with Crippen molar-refractivity contribution in [3.8, 4) is 0 Å². The molecule has 24 heavy (non-hydrogen) atoms. The van der Waals surface area contributed by atoms with Crippen LogP contribution in [0.5, 0.6) is 0 Å². The molecule has 3 N–H and O–H groups in total. The van der Waals surface area contributed by atoms with Gasteiger partial charge in [-0.25, -0.2) is 4.79 Å². The van der Waals surface area contributed by atoms with Crippen molar-refractivity contribution < 1.29 is 44.0 Å². The van der Waals surface area contributed by atoms with Crippen LogP contribution in [0.25, 0.3) is 0 Å². The van der Waals surface area contributed by atoms with Gasteiger partial charge in [-0.15, -0.1) is 0 Å². The number of hydrogen-bond donors (Lipinski definition) is 3. The number of carboxylic acids is 2. The van der Waals surface area contributed by atoms with Gasteiger partial charge in [-0.1, -0.05) is 6.92 Å². The highest BCUT2D eigenvalue weighted by atomic mass is 16.6. The van der Waals surface area contributed by atoms with Crippen molar-refractivity contribution in [1.29, 1.82) is 0 Å². The Morgan fingerprint density at radius 1 is 1.08 bits per heavy atom. The molecule has 0 aromatic heterocycles. The van der Waals surface area contributed by atoms with Crippen molar-refractivity contribution in [2.75, 3.05) is 6.61 Å². The highest BCUT2D eigenvalue weighted by Gasteiger charge is 2.19. The zero-order valence-electron chi connectivity index (χ0n) is 14.2. The van der Waals surface area contributed by atoms with Crippen LogP contribution in [0.3, 0.4) is 0 Å². The Labute approximate surface area is 140 Å². The molecule has 0 aromatic rings. The topological polar surface area (TPSA) is 147 Å². The van der Waals surface area contributed by atoms with Gasteiger partial charge in [-0.2, -0.15) is 0 Å². The minimum absolute atomic E-state index is 0.130. The van der Waals surface area contributed by atoms with Gasteiger partial charge in [0.1, 0.15) is 0 Å². The Hall–Kier alpha value is -2.16. The van der Waals surface area contributed by atoms with E-state index in [1.165, 1.54) is 13.8 Å². The van der Waals surface area contributed by atoms with Crippen molar-refractivity contribution in [3.05, 3.63) is 0 Å². The number of carboxylic acid groups (broad SMARTS) is 2. The van der Waals surface area contributed by atoms with E-state index in [0.29, 0.717) is 12.8 Å². The van der Waals surface area contributed by atoms with Gasteiger partial charge in [0.05, 0.1) is 19.1 Å². The molecule has 9 heteroatoms. The van der Waals surface area contributed by atoms with E-state index in [1.807, 2.05) is 0 Å². The van der Waals surface area contributed by atoms with Crippen LogP contribution in [0, 0.1) is 0 Å². The number of hydrogen-bond acceptors (Lipinski definition) is 7. The van der Waals surface area contributed by atoms with E-state index in [4.69, 9.17) is 20.1 Å². The summed E-state index contributed by atoms with van der Waals surface area (Å²) in [5, 5.41) is 24.9. The number of aliphatic hydroxyl groups excluding tert-OH is 1. The van der Waals surface area contributed by atoms with Crippen LogP contribution >= 0.6 is 0 Å². The lowest BCUT2D eigenvalue weighted by Crippen LogP contribution is -2.26. The fourth-order valence-electron chi connectivity index (χ4n) is 1.37. The molecule has 2 atom stereocenters. The van der Waals surface area contributed by atoms with Gasteiger partial charge in [0.2, 0.25) is 0 Å². The molecule has 0 aliphatic rings. The van der Waals surface area contributed by atoms with Gasteiger partial charge in [0.25, 0.3) is 0 Å². The van der Waals surface area contributed by atoms with E-state index in [-0.39, 0.29) is 31.8 Å². The van der Waals surface area contributed by atoms with Crippen LogP contribution in [0.1, 0.15) is 52.9 Å². The first-order valence-corrected chi connectivity index (χ1v) is 7.55. The fraction of sp³-hybridized carbons (Fsp3) is 0.733.